The Bertz CT molecular complexity index is 839. The monoisotopic (exact) mass is 398 g/mol. The van der Waals surface area contributed by atoms with Gasteiger partial charge in [-0.05, 0) is 50.7 Å². The molecule has 0 aliphatic heterocycles. The number of benzene rings is 1. The summed E-state index contributed by atoms with van der Waals surface area (Å²) in [5, 5.41) is 21.8. The van der Waals surface area contributed by atoms with Crippen LogP contribution in [-0.4, -0.2) is 32.4 Å². The van der Waals surface area contributed by atoms with E-state index in [0.29, 0.717) is 12.0 Å². The Labute approximate surface area is 173 Å². The summed E-state index contributed by atoms with van der Waals surface area (Å²) in [7, 11) is 0. The van der Waals surface area contributed by atoms with Crippen LogP contribution < -0.4 is 5.32 Å². The third-order valence-electron chi connectivity index (χ3n) is 5.56. The Morgan fingerprint density at radius 1 is 1.28 bits per heavy atom. The molecule has 2 N–H and O–H groups in total. The van der Waals surface area contributed by atoms with Crippen molar-refractivity contribution in [2.24, 2.45) is 5.92 Å². The Kier molecular flexibility index (Phi) is 7.06. The van der Waals surface area contributed by atoms with Crippen LogP contribution >= 0.6 is 0 Å². The van der Waals surface area contributed by atoms with Crippen molar-refractivity contribution in [2.45, 2.75) is 78.2 Å². The Morgan fingerprint density at radius 3 is 2.66 bits per heavy atom. The van der Waals surface area contributed by atoms with Gasteiger partial charge >= 0.3 is 0 Å². The predicted molar refractivity (Wildman–Crippen MR) is 115 cm³/mol. The molecule has 1 aromatic carbocycles. The molecule has 1 heterocycles. The van der Waals surface area contributed by atoms with E-state index in [0.717, 1.165) is 60.6 Å². The predicted octanol–water partition coefficient (Wildman–Crippen LogP) is 4.31. The summed E-state index contributed by atoms with van der Waals surface area (Å²) in [4.78, 5) is 12.7. The number of aliphatic hydroxyl groups excluding tert-OH is 1. The van der Waals surface area contributed by atoms with E-state index in [-0.39, 0.29) is 24.9 Å². The van der Waals surface area contributed by atoms with Gasteiger partial charge in [-0.15, -0.1) is 10.2 Å². The van der Waals surface area contributed by atoms with Gasteiger partial charge in [-0.25, -0.2) is 0 Å². The van der Waals surface area contributed by atoms with Gasteiger partial charge in [0.05, 0.1) is 12.5 Å². The molecule has 2 aromatic rings. The van der Waals surface area contributed by atoms with Gasteiger partial charge in [0.1, 0.15) is 11.6 Å². The number of hydrogen-bond donors (Lipinski definition) is 2. The zero-order valence-corrected chi connectivity index (χ0v) is 18.1. The minimum Gasteiger partial charge on any atom is -0.396 e. The van der Waals surface area contributed by atoms with E-state index >= 15 is 0 Å². The average molecular weight is 399 g/mol. The first-order valence-corrected chi connectivity index (χ1v) is 10.8. The summed E-state index contributed by atoms with van der Waals surface area (Å²) in [6.45, 7) is 8.36. The largest absolute Gasteiger partial charge is 0.396 e. The molecule has 29 heavy (non-hydrogen) atoms. The number of anilines is 1. The van der Waals surface area contributed by atoms with Crippen molar-refractivity contribution < 1.29 is 9.90 Å². The van der Waals surface area contributed by atoms with Crippen LogP contribution in [0.2, 0.25) is 0 Å². The van der Waals surface area contributed by atoms with Crippen molar-refractivity contribution in [2.75, 3.05) is 11.9 Å². The molecule has 158 valence electrons. The molecule has 6 nitrogen and oxygen atoms in total. The van der Waals surface area contributed by atoms with E-state index in [1.54, 1.807) is 0 Å². The van der Waals surface area contributed by atoms with Gasteiger partial charge < -0.3 is 15.0 Å². The number of carbonyl (C=O) groups excluding carboxylic acids is 1. The zero-order valence-electron chi connectivity index (χ0n) is 18.1. The Morgan fingerprint density at radius 2 is 2.03 bits per heavy atom. The molecule has 1 unspecified atom stereocenters. The maximum Gasteiger partial charge on any atom is 0.225 e. The number of aliphatic hydroxyl groups is 1. The number of hydrogen-bond acceptors (Lipinski definition) is 4. The van der Waals surface area contributed by atoms with Crippen LogP contribution in [0.3, 0.4) is 0 Å². The Balaban J connectivity index is 1.70. The number of aryl methyl sites for hydroxylation is 3. The van der Waals surface area contributed by atoms with Crippen LogP contribution in [0.1, 0.15) is 80.7 Å². The summed E-state index contributed by atoms with van der Waals surface area (Å²) >= 11 is 0. The molecule has 1 saturated carbocycles. The second-order valence-corrected chi connectivity index (χ2v) is 8.81. The van der Waals surface area contributed by atoms with E-state index in [1.807, 2.05) is 32.0 Å². The molecule has 1 aliphatic carbocycles. The van der Waals surface area contributed by atoms with E-state index in [9.17, 15) is 9.90 Å². The van der Waals surface area contributed by atoms with Crippen LogP contribution in [0, 0.1) is 19.8 Å². The number of nitrogens with zero attached hydrogens (tertiary/aromatic N) is 3. The van der Waals surface area contributed by atoms with Gasteiger partial charge in [-0.3, -0.25) is 4.79 Å². The second kappa shape index (κ2) is 9.53. The molecule has 1 amide bonds. The van der Waals surface area contributed by atoms with Crippen molar-refractivity contribution in [3.63, 3.8) is 0 Å². The molecular weight excluding hydrogens is 364 g/mol. The first-order valence-electron chi connectivity index (χ1n) is 10.8. The number of aromatic nitrogens is 3. The topological polar surface area (TPSA) is 80.0 Å². The Hall–Kier alpha value is -2.21. The van der Waals surface area contributed by atoms with E-state index in [1.165, 1.54) is 0 Å². The van der Waals surface area contributed by atoms with Gasteiger partial charge in [0.15, 0.2) is 0 Å². The fourth-order valence-electron chi connectivity index (χ4n) is 3.80. The third-order valence-corrected chi connectivity index (χ3v) is 5.56. The van der Waals surface area contributed by atoms with Crippen LogP contribution in [0.5, 0.6) is 0 Å². The van der Waals surface area contributed by atoms with Crippen molar-refractivity contribution >= 4 is 11.6 Å². The molecular formula is C23H34N4O2. The lowest BCUT2D eigenvalue weighted by Gasteiger charge is -2.17. The second-order valence-electron chi connectivity index (χ2n) is 8.81. The molecule has 1 atom stereocenters. The summed E-state index contributed by atoms with van der Waals surface area (Å²) in [6.07, 6.45) is 5.58. The number of rotatable bonds is 10. The highest BCUT2D eigenvalue weighted by Gasteiger charge is 2.32. The highest BCUT2D eigenvalue weighted by atomic mass is 16.3. The molecule has 1 aliphatic rings. The standard InChI is InChI=1S/C23H34N4O2/c1-15(2)6-5-7-21-25-26-23(27(21)19-9-10-19)18(14-28)13-22(29)24-20-11-8-16(3)12-17(20)4/h8,11-12,15,18-19,28H,5-7,9-10,13-14H2,1-4H3,(H,24,29). The quantitative estimate of drug-likeness (QED) is 0.625. The van der Waals surface area contributed by atoms with Crippen LogP contribution in [-0.2, 0) is 11.2 Å². The lowest BCUT2D eigenvalue weighted by atomic mass is 10.0. The van der Waals surface area contributed by atoms with Gasteiger partial charge in [0.2, 0.25) is 5.91 Å². The first-order chi connectivity index (χ1) is 13.9. The van der Waals surface area contributed by atoms with Crippen molar-refractivity contribution in [3.05, 3.63) is 41.0 Å². The zero-order chi connectivity index (χ0) is 21.0. The maximum absolute atomic E-state index is 12.7. The molecule has 6 heteroatoms. The van der Waals surface area contributed by atoms with Gasteiger partial charge in [0, 0.05) is 24.6 Å². The molecule has 1 fully saturated rings. The average Bonchev–Trinajstić information content (AvgIpc) is 3.42. The summed E-state index contributed by atoms with van der Waals surface area (Å²) < 4.78 is 2.20. The number of nitrogens with one attached hydrogen (secondary N) is 1. The van der Waals surface area contributed by atoms with Gasteiger partial charge in [-0.1, -0.05) is 38.0 Å². The summed E-state index contributed by atoms with van der Waals surface area (Å²) in [5.74, 6) is 1.98. The smallest absolute Gasteiger partial charge is 0.225 e. The SMILES string of the molecule is Cc1ccc(NC(=O)CC(CO)c2nnc(CCCC(C)C)n2C2CC2)c(C)c1. The highest BCUT2D eigenvalue weighted by Crippen LogP contribution is 2.39. The lowest BCUT2D eigenvalue weighted by Crippen LogP contribution is -2.21. The number of amides is 1. The summed E-state index contributed by atoms with van der Waals surface area (Å²) in [6, 6.07) is 6.38. The molecule has 0 saturated heterocycles. The van der Waals surface area contributed by atoms with Crippen LogP contribution in [0.15, 0.2) is 18.2 Å². The lowest BCUT2D eigenvalue weighted by molar-refractivity contribution is -0.116. The first kappa shape index (κ1) is 21.5. The van der Waals surface area contributed by atoms with E-state index in [2.05, 4.69) is 33.9 Å². The van der Waals surface area contributed by atoms with Crippen molar-refractivity contribution in [1.29, 1.82) is 0 Å². The number of carbonyl (C=O) groups is 1. The summed E-state index contributed by atoms with van der Waals surface area (Å²) in [5.41, 5.74) is 3.01. The molecule has 1 aromatic heterocycles. The normalized spacial score (nSPS) is 15.0. The van der Waals surface area contributed by atoms with Crippen LogP contribution in [0.4, 0.5) is 5.69 Å². The minimum absolute atomic E-state index is 0.109. The van der Waals surface area contributed by atoms with Crippen molar-refractivity contribution in [3.8, 4) is 0 Å². The van der Waals surface area contributed by atoms with E-state index < -0.39 is 0 Å². The molecule has 0 bridgehead atoms. The fourth-order valence-corrected chi connectivity index (χ4v) is 3.80. The molecule has 0 spiro atoms. The van der Waals surface area contributed by atoms with Gasteiger partial charge in [0.25, 0.3) is 0 Å². The maximum atomic E-state index is 12.7. The van der Waals surface area contributed by atoms with E-state index in [4.69, 9.17) is 0 Å². The van der Waals surface area contributed by atoms with Gasteiger partial charge in [-0.2, -0.15) is 0 Å². The minimum atomic E-state index is -0.340. The molecule has 0 radical (unpaired) electrons. The third kappa shape index (κ3) is 5.66. The molecule has 3 rings (SSSR count). The highest BCUT2D eigenvalue weighted by molar-refractivity contribution is 5.92. The van der Waals surface area contributed by atoms with Crippen molar-refractivity contribution in [1.82, 2.24) is 14.8 Å². The van der Waals surface area contributed by atoms with Crippen LogP contribution in [0.25, 0.3) is 0 Å². The fraction of sp³-hybridized carbons (Fsp3) is 0.609.